The highest BCUT2D eigenvalue weighted by molar-refractivity contribution is 6.33. The van der Waals surface area contributed by atoms with Gasteiger partial charge in [-0.1, -0.05) is 54.8 Å². The van der Waals surface area contributed by atoms with Crippen LogP contribution in [0.5, 0.6) is 0 Å². The number of benzene rings is 1. The first-order chi connectivity index (χ1) is 12.0. The van der Waals surface area contributed by atoms with Crippen molar-refractivity contribution in [2.45, 2.75) is 52.0 Å². The zero-order chi connectivity index (χ0) is 18.1. The summed E-state index contributed by atoms with van der Waals surface area (Å²) in [4.78, 5) is 24.7. The average molecular weight is 360 g/mol. The second-order valence-electron chi connectivity index (χ2n) is 6.66. The number of carboxylic acid groups (broad SMARTS) is 1. The second-order valence-corrected chi connectivity index (χ2v) is 7.03. The molecule has 1 aliphatic heterocycles. The molecule has 0 saturated carbocycles. The van der Waals surface area contributed by atoms with Crippen LogP contribution in [-0.4, -0.2) is 21.4 Å². The van der Waals surface area contributed by atoms with Crippen LogP contribution in [0.2, 0.25) is 5.02 Å². The number of halogens is 1. The maximum Gasteiger partial charge on any atom is 0.312 e. The Labute approximate surface area is 152 Å². The van der Waals surface area contributed by atoms with E-state index in [4.69, 9.17) is 11.6 Å². The monoisotopic (exact) mass is 359 g/mol. The van der Waals surface area contributed by atoms with Gasteiger partial charge in [-0.15, -0.1) is 0 Å². The standard InChI is InChI=1S/C20H22ClNO3/c1-3-4-5-14-16(21)17-15(20(24)25)10-11-22(17)18(14)19(23)13-8-6-12(2)7-9-13/h6-9,15H,3-5,10-11H2,1-2H3,(H,24,25). The van der Waals surface area contributed by atoms with E-state index in [-0.39, 0.29) is 5.78 Å². The van der Waals surface area contributed by atoms with Crippen LogP contribution in [0.15, 0.2) is 24.3 Å². The molecular weight excluding hydrogens is 338 g/mol. The summed E-state index contributed by atoms with van der Waals surface area (Å²) in [6, 6.07) is 7.46. The molecule has 1 aromatic carbocycles. The van der Waals surface area contributed by atoms with Crippen LogP contribution < -0.4 is 0 Å². The van der Waals surface area contributed by atoms with Crippen LogP contribution in [0, 0.1) is 6.92 Å². The lowest BCUT2D eigenvalue weighted by Crippen LogP contribution is -2.11. The van der Waals surface area contributed by atoms with Crippen LogP contribution in [-0.2, 0) is 17.8 Å². The van der Waals surface area contributed by atoms with E-state index >= 15 is 0 Å². The highest BCUT2D eigenvalue weighted by atomic mass is 35.5. The molecule has 1 unspecified atom stereocenters. The van der Waals surface area contributed by atoms with Crippen molar-refractivity contribution in [3.63, 3.8) is 0 Å². The van der Waals surface area contributed by atoms with E-state index in [1.807, 2.05) is 35.8 Å². The zero-order valence-corrected chi connectivity index (χ0v) is 15.3. The van der Waals surface area contributed by atoms with Gasteiger partial charge in [-0.05, 0) is 26.2 Å². The van der Waals surface area contributed by atoms with Crippen LogP contribution in [0.1, 0.15) is 65.0 Å². The molecule has 0 aliphatic carbocycles. The fraction of sp³-hybridized carbons (Fsp3) is 0.400. The van der Waals surface area contributed by atoms with Crippen molar-refractivity contribution in [3.8, 4) is 0 Å². The van der Waals surface area contributed by atoms with E-state index in [1.165, 1.54) is 0 Å². The highest BCUT2D eigenvalue weighted by Gasteiger charge is 2.37. The Morgan fingerprint density at radius 2 is 1.96 bits per heavy atom. The molecule has 0 spiro atoms. The minimum absolute atomic E-state index is 0.0784. The fourth-order valence-electron chi connectivity index (χ4n) is 3.55. The normalized spacial score (nSPS) is 16.0. The minimum Gasteiger partial charge on any atom is -0.481 e. The Morgan fingerprint density at radius 1 is 1.28 bits per heavy atom. The van der Waals surface area contributed by atoms with Gasteiger partial charge in [0, 0.05) is 17.7 Å². The molecule has 0 radical (unpaired) electrons. The van der Waals surface area contributed by atoms with Gasteiger partial charge in [-0.25, -0.2) is 0 Å². The number of unbranched alkanes of at least 4 members (excludes halogenated alkanes) is 1. The predicted octanol–water partition coefficient (Wildman–Crippen LogP) is 4.60. The number of rotatable bonds is 6. The molecule has 1 atom stereocenters. The van der Waals surface area contributed by atoms with Gasteiger partial charge >= 0.3 is 5.97 Å². The number of ketones is 1. The summed E-state index contributed by atoms with van der Waals surface area (Å²) in [6.45, 7) is 4.58. The molecule has 0 bridgehead atoms. The first kappa shape index (κ1) is 17.7. The molecule has 5 heteroatoms. The summed E-state index contributed by atoms with van der Waals surface area (Å²) < 4.78 is 1.84. The number of hydrogen-bond acceptors (Lipinski definition) is 2. The fourth-order valence-corrected chi connectivity index (χ4v) is 3.97. The Hall–Kier alpha value is -2.07. The van der Waals surface area contributed by atoms with Crippen LogP contribution >= 0.6 is 11.6 Å². The van der Waals surface area contributed by atoms with Gasteiger partial charge in [0.1, 0.15) is 5.92 Å². The van der Waals surface area contributed by atoms with Crippen molar-refractivity contribution in [3.05, 3.63) is 57.4 Å². The van der Waals surface area contributed by atoms with Gasteiger partial charge in [-0.3, -0.25) is 9.59 Å². The third-order valence-corrected chi connectivity index (χ3v) is 5.34. The van der Waals surface area contributed by atoms with E-state index < -0.39 is 11.9 Å². The summed E-state index contributed by atoms with van der Waals surface area (Å²) in [7, 11) is 0. The lowest BCUT2D eigenvalue weighted by molar-refractivity contribution is -0.138. The lowest BCUT2D eigenvalue weighted by atomic mass is 9.99. The first-order valence-electron chi connectivity index (χ1n) is 8.70. The number of nitrogens with zero attached hydrogens (tertiary/aromatic N) is 1. The van der Waals surface area contributed by atoms with Crippen molar-refractivity contribution < 1.29 is 14.7 Å². The largest absolute Gasteiger partial charge is 0.481 e. The molecule has 2 aromatic rings. The van der Waals surface area contributed by atoms with E-state index in [9.17, 15) is 14.7 Å². The van der Waals surface area contributed by atoms with E-state index in [0.717, 1.165) is 24.0 Å². The Balaban J connectivity index is 2.12. The van der Waals surface area contributed by atoms with Gasteiger partial charge in [0.2, 0.25) is 5.78 Å². The summed E-state index contributed by atoms with van der Waals surface area (Å²) in [5.74, 6) is -1.59. The van der Waals surface area contributed by atoms with Crippen molar-refractivity contribution in [1.82, 2.24) is 4.57 Å². The van der Waals surface area contributed by atoms with E-state index in [2.05, 4.69) is 6.92 Å². The van der Waals surface area contributed by atoms with E-state index in [1.54, 1.807) is 0 Å². The lowest BCUT2D eigenvalue weighted by Gasteiger charge is -2.09. The topological polar surface area (TPSA) is 59.3 Å². The molecule has 0 fully saturated rings. The van der Waals surface area contributed by atoms with Gasteiger partial charge in [-0.2, -0.15) is 0 Å². The van der Waals surface area contributed by atoms with Gasteiger partial charge in [0.15, 0.2) is 0 Å². The molecule has 3 rings (SSSR count). The maximum atomic E-state index is 13.2. The number of fused-ring (bicyclic) bond motifs is 1. The Bertz CT molecular complexity index is 820. The number of aryl methyl sites for hydroxylation is 1. The molecule has 25 heavy (non-hydrogen) atoms. The summed E-state index contributed by atoms with van der Waals surface area (Å²) in [6.07, 6.45) is 3.06. The molecule has 0 amide bonds. The molecule has 132 valence electrons. The molecule has 2 heterocycles. The van der Waals surface area contributed by atoms with Gasteiger partial charge in [0.05, 0.1) is 16.4 Å². The highest BCUT2D eigenvalue weighted by Crippen LogP contribution is 2.41. The summed E-state index contributed by atoms with van der Waals surface area (Å²) in [5.41, 5.74) is 3.66. The smallest absolute Gasteiger partial charge is 0.312 e. The molecule has 0 saturated heterocycles. The number of aromatic nitrogens is 1. The molecular formula is C20H22ClNO3. The third-order valence-electron chi connectivity index (χ3n) is 4.92. The van der Waals surface area contributed by atoms with Gasteiger partial charge < -0.3 is 9.67 Å². The third kappa shape index (κ3) is 3.11. The molecule has 1 N–H and O–H groups in total. The molecule has 4 nitrogen and oxygen atoms in total. The van der Waals surface area contributed by atoms with E-state index in [0.29, 0.717) is 41.4 Å². The van der Waals surface area contributed by atoms with Crippen molar-refractivity contribution in [2.24, 2.45) is 0 Å². The molecule has 1 aliphatic rings. The van der Waals surface area contributed by atoms with Gasteiger partial charge in [0.25, 0.3) is 0 Å². The maximum absolute atomic E-state index is 13.2. The van der Waals surface area contributed by atoms with Crippen molar-refractivity contribution in [2.75, 3.05) is 0 Å². The number of carbonyl (C=O) groups excluding carboxylic acids is 1. The predicted molar refractivity (Wildman–Crippen MR) is 97.7 cm³/mol. The van der Waals surface area contributed by atoms with Crippen LogP contribution in [0.4, 0.5) is 0 Å². The number of aliphatic carboxylic acids is 1. The van der Waals surface area contributed by atoms with Crippen LogP contribution in [0.3, 0.4) is 0 Å². The second kappa shape index (κ2) is 7.04. The van der Waals surface area contributed by atoms with Crippen molar-refractivity contribution >= 4 is 23.4 Å². The minimum atomic E-state index is -0.880. The average Bonchev–Trinajstić information content (AvgIpc) is 3.12. The zero-order valence-electron chi connectivity index (χ0n) is 14.5. The summed E-state index contributed by atoms with van der Waals surface area (Å²) >= 11 is 6.57. The Kier molecular flexibility index (Phi) is 5.00. The van der Waals surface area contributed by atoms with Crippen LogP contribution in [0.25, 0.3) is 0 Å². The number of hydrogen-bond donors (Lipinski definition) is 1. The van der Waals surface area contributed by atoms with Crippen molar-refractivity contribution in [1.29, 1.82) is 0 Å². The first-order valence-corrected chi connectivity index (χ1v) is 9.08. The Morgan fingerprint density at radius 3 is 2.56 bits per heavy atom. The SMILES string of the molecule is CCCCc1c(Cl)c2n(c1C(=O)c1ccc(C)cc1)CCC2C(=O)O. The quantitative estimate of drug-likeness (QED) is 0.767. The molecule has 1 aromatic heterocycles. The summed E-state index contributed by atoms with van der Waals surface area (Å²) in [5, 5.41) is 9.96. The number of carbonyl (C=O) groups is 2. The number of carboxylic acids is 1.